The molecule has 0 amide bonds. The van der Waals surface area contributed by atoms with Crippen molar-refractivity contribution in [3.05, 3.63) is 76.9 Å². The molecule has 3 rings (SSSR count). The fourth-order valence-corrected chi connectivity index (χ4v) is 2.89. The van der Waals surface area contributed by atoms with E-state index in [1.165, 1.54) is 11.1 Å². The molecule has 22 heavy (non-hydrogen) atoms. The number of carbonyl (C=O) groups is 1. The van der Waals surface area contributed by atoms with Gasteiger partial charge in [0.25, 0.3) is 0 Å². The largest absolute Gasteiger partial charge is 0.294 e. The molecule has 0 saturated carbocycles. The van der Waals surface area contributed by atoms with E-state index >= 15 is 0 Å². The Morgan fingerprint density at radius 1 is 1.09 bits per heavy atom. The summed E-state index contributed by atoms with van der Waals surface area (Å²) in [5.74, 6) is 0.283. The van der Waals surface area contributed by atoms with Crippen molar-refractivity contribution < 1.29 is 4.79 Å². The third-order valence-corrected chi connectivity index (χ3v) is 4.04. The van der Waals surface area contributed by atoms with Crippen molar-refractivity contribution in [1.82, 2.24) is 4.90 Å². The molecule has 1 fully saturated rings. The summed E-state index contributed by atoms with van der Waals surface area (Å²) in [6.45, 7) is 4.56. The van der Waals surface area contributed by atoms with Crippen molar-refractivity contribution >= 4 is 11.9 Å². The van der Waals surface area contributed by atoms with Gasteiger partial charge in [-0.2, -0.15) is 0 Å². The highest BCUT2D eigenvalue weighted by Crippen LogP contribution is 2.18. The van der Waals surface area contributed by atoms with Gasteiger partial charge < -0.3 is 0 Å². The highest BCUT2D eigenvalue weighted by molar-refractivity contribution is 6.00. The minimum atomic E-state index is 0.283. The van der Waals surface area contributed by atoms with Crippen molar-refractivity contribution in [3.8, 4) is 0 Å². The lowest BCUT2D eigenvalue weighted by Gasteiger charge is -2.27. The van der Waals surface area contributed by atoms with Crippen LogP contribution in [0.1, 0.15) is 23.1 Å². The molecule has 1 heterocycles. The molecule has 1 aliphatic rings. The molecule has 2 nitrogen and oxygen atoms in total. The summed E-state index contributed by atoms with van der Waals surface area (Å²) >= 11 is 0. The standard InChI is InChI=1S/C20H21NO/c1-16-6-5-9-18(12-16)13-19-15-21(11-10-20(19)22)14-17-7-3-2-4-8-17/h2-9,12-13H,10-11,14-15H2,1H3/b19-13+. The zero-order chi connectivity index (χ0) is 15.4. The molecule has 0 bridgehead atoms. The quantitative estimate of drug-likeness (QED) is 0.801. The Balaban J connectivity index is 1.75. The zero-order valence-electron chi connectivity index (χ0n) is 13.0. The summed E-state index contributed by atoms with van der Waals surface area (Å²) in [7, 11) is 0. The van der Waals surface area contributed by atoms with E-state index < -0.39 is 0 Å². The van der Waals surface area contributed by atoms with Gasteiger partial charge in [-0.3, -0.25) is 9.69 Å². The number of likely N-dealkylation sites (tertiary alicyclic amines) is 1. The van der Waals surface area contributed by atoms with Gasteiger partial charge in [-0.15, -0.1) is 0 Å². The number of hydrogen-bond acceptors (Lipinski definition) is 2. The maximum atomic E-state index is 12.2. The van der Waals surface area contributed by atoms with Crippen LogP contribution in [0.3, 0.4) is 0 Å². The molecule has 0 N–H and O–H groups in total. The lowest BCUT2D eigenvalue weighted by molar-refractivity contribution is -0.117. The lowest BCUT2D eigenvalue weighted by Crippen LogP contribution is -2.35. The van der Waals surface area contributed by atoms with Crippen LogP contribution >= 0.6 is 0 Å². The van der Waals surface area contributed by atoms with E-state index in [9.17, 15) is 4.79 Å². The number of aryl methyl sites for hydroxylation is 1. The predicted octanol–water partition coefficient (Wildman–Crippen LogP) is 3.85. The van der Waals surface area contributed by atoms with Gasteiger partial charge >= 0.3 is 0 Å². The molecular weight excluding hydrogens is 270 g/mol. The summed E-state index contributed by atoms with van der Waals surface area (Å²) in [6, 6.07) is 18.7. The van der Waals surface area contributed by atoms with E-state index in [1.807, 2.05) is 18.2 Å². The van der Waals surface area contributed by atoms with Crippen LogP contribution < -0.4 is 0 Å². The summed E-state index contributed by atoms with van der Waals surface area (Å²) in [5, 5.41) is 0. The zero-order valence-corrected chi connectivity index (χ0v) is 13.0. The fourth-order valence-electron chi connectivity index (χ4n) is 2.89. The summed E-state index contributed by atoms with van der Waals surface area (Å²) in [4.78, 5) is 14.5. The van der Waals surface area contributed by atoms with Crippen LogP contribution in [0, 0.1) is 6.92 Å². The Hall–Kier alpha value is -2.19. The van der Waals surface area contributed by atoms with Gasteiger partial charge in [0.1, 0.15) is 0 Å². The van der Waals surface area contributed by atoms with Crippen LogP contribution in [0.15, 0.2) is 60.2 Å². The molecule has 0 atom stereocenters. The highest BCUT2D eigenvalue weighted by atomic mass is 16.1. The van der Waals surface area contributed by atoms with E-state index in [1.54, 1.807) is 0 Å². The topological polar surface area (TPSA) is 20.3 Å². The van der Waals surface area contributed by atoms with Crippen molar-refractivity contribution in [3.63, 3.8) is 0 Å². The van der Waals surface area contributed by atoms with Crippen LogP contribution in [0.2, 0.25) is 0 Å². The van der Waals surface area contributed by atoms with Crippen molar-refractivity contribution in [1.29, 1.82) is 0 Å². The van der Waals surface area contributed by atoms with Crippen LogP contribution in [0.5, 0.6) is 0 Å². The third kappa shape index (κ3) is 3.71. The number of carbonyl (C=O) groups excluding carboxylic acids is 1. The molecule has 1 saturated heterocycles. The predicted molar refractivity (Wildman–Crippen MR) is 90.5 cm³/mol. The van der Waals surface area contributed by atoms with E-state index in [0.29, 0.717) is 6.42 Å². The van der Waals surface area contributed by atoms with Crippen LogP contribution in [0.25, 0.3) is 6.08 Å². The average Bonchev–Trinajstić information content (AvgIpc) is 2.52. The lowest BCUT2D eigenvalue weighted by atomic mass is 9.99. The number of rotatable bonds is 3. The average molecular weight is 291 g/mol. The second-order valence-corrected chi connectivity index (χ2v) is 5.95. The molecule has 1 aliphatic heterocycles. The van der Waals surface area contributed by atoms with Crippen LogP contribution in [-0.4, -0.2) is 23.8 Å². The Morgan fingerprint density at radius 2 is 1.91 bits per heavy atom. The second kappa shape index (κ2) is 6.71. The second-order valence-electron chi connectivity index (χ2n) is 5.95. The van der Waals surface area contributed by atoms with Gasteiger partial charge in [0.05, 0.1) is 0 Å². The van der Waals surface area contributed by atoms with E-state index in [0.717, 1.165) is 30.8 Å². The number of nitrogens with zero attached hydrogens (tertiary/aromatic N) is 1. The van der Waals surface area contributed by atoms with Crippen LogP contribution in [0.4, 0.5) is 0 Å². The summed E-state index contributed by atoms with van der Waals surface area (Å²) in [5.41, 5.74) is 4.56. The highest BCUT2D eigenvalue weighted by Gasteiger charge is 2.21. The van der Waals surface area contributed by atoms with Crippen molar-refractivity contribution in [2.24, 2.45) is 0 Å². The molecule has 0 radical (unpaired) electrons. The first-order valence-corrected chi connectivity index (χ1v) is 7.77. The van der Waals surface area contributed by atoms with Gasteiger partial charge in [-0.1, -0.05) is 60.2 Å². The first-order chi connectivity index (χ1) is 10.7. The molecule has 0 unspecified atom stereocenters. The number of benzene rings is 2. The molecule has 0 aliphatic carbocycles. The minimum absolute atomic E-state index is 0.283. The van der Waals surface area contributed by atoms with Gasteiger partial charge in [0.2, 0.25) is 0 Å². The van der Waals surface area contributed by atoms with Crippen molar-refractivity contribution in [2.75, 3.05) is 13.1 Å². The molecule has 2 aromatic carbocycles. The normalized spacial score (nSPS) is 17.9. The molecule has 2 heteroatoms. The first kappa shape index (κ1) is 14.7. The fraction of sp³-hybridized carbons (Fsp3) is 0.250. The van der Waals surface area contributed by atoms with E-state index in [4.69, 9.17) is 0 Å². The number of Topliss-reactive ketones (excluding diaryl/α,β-unsaturated/α-hetero) is 1. The van der Waals surface area contributed by atoms with Crippen LogP contribution in [-0.2, 0) is 11.3 Å². The first-order valence-electron chi connectivity index (χ1n) is 7.77. The molecule has 0 spiro atoms. The third-order valence-electron chi connectivity index (χ3n) is 4.04. The number of ketones is 1. The Kier molecular flexibility index (Phi) is 4.50. The maximum absolute atomic E-state index is 12.2. The molecular formula is C20H21NO. The number of hydrogen-bond donors (Lipinski definition) is 0. The Bertz CT molecular complexity index is 688. The van der Waals surface area contributed by atoms with E-state index in [2.05, 4.69) is 54.3 Å². The van der Waals surface area contributed by atoms with Gasteiger partial charge in [0.15, 0.2) is 5.78 Å². The SMILES string of the molecule is Cc1cccc(/C=C2\CN(Cc3ccccc3)CCC2=O)c1. The minimum Gasteiger partial charge on any atom is -0.294 e. The van der Waals surface area contributed by atoms with E-state index in [-0.39, 0.29) is 5.78 Å². The monoisotopic (exact) mass is 291 g/mol. The van der Waals surface area contributed by atoms with Gasteiger partial charge in [-0.05, 0) is 24.1 Å². The molecule has 2 aromatic rings. The maximum Gasteiger partial charge on any atom is 0.161 e. The molecule has 112 valence electrons. The van der Waals surface area contributed by atoms with Crippen molar-refractivity contribution in [2.45, 2.75) is 19.9 Å². The van der Waals surface area contributed by atoms with Gasteiger partial charge in [0, 0.05) is 31.6 Å². The summed E-state index contributed by atoms with van der Waals surface area (Å²) < 4.78 is 0. The Labute approximate surface area is 132 Å². The number of piperidine rings is 1. The molecule has 0 aromatic heterocycles. The van der Waals surface area contributed by atoms with Gasteiger partial charge in [-0.25, -0.2) is 0 Å². The Morgan fingerprint density at radius 3 is 2.68 bits per heavy atom. The smallest absolute Gasteiger partial charge is 0.161 e. The summed E-state index contributed by atoms with van der Waals surface area (Å²) in [6.07, 6.45) is 2.66.